The van der Waals surface area contributed by atoms with Gasteiger partial charge in [0.25, 0.3) is 5.91 Å². The number of piperazine rings is 1. The van der Waals surface area contributed by atoms with Crippen LogP contribution in [0, 0.1) is 5.41 Å². The molecule has 132 valence electrons. The lowest BCUT2D eigenvalue weighted by atomic mass is 9.84. The van der Waals surface area contributed by atoms with Crippen molar-refractivity contribution in [3.8, 4) is 0 Å². The minimum atomic E-state index is -0.342. The predicted octanol–water partition coefficient (Wildman–Crippen LogP) is 1.91. The lowest BCUT2D eigenvalue weighted by Crippen LogP contribution is -2.55. The van der Waals surface area contributed by atoms with E-state index in [1.165, 1.54) is 0 Å². The van der Waals surface area contributed by atoms with Crippen LogP contribution in [0.4, 0.5) is 0 Å². The Labute approximate surface area is 149 Å². The van der Waals surface area contributed by atoms with E-state index in [1.807, 2.05) is 40.1 Å². The van der Waals surface area contributed by atoms with Crippen molar-refractivity contribution in [3.05, 3.63) is 35.9 Å². The van der Waals surface area contributed by atoms with Crippen LogP contribution >= 0.6 is 12.4 Å². The van der Waals surface area contributed by atoms with Crippen LogP contribution < -0.4 is 5.73 Å². The molecular formula is C18H26ClN3O2. The average Bonchev–Trinajstić information content (AvgIpc) is 3.12. The highest BCUT2D eigenvalue weighted by Gasteiger charge is 2.43. The number of halogens is 1. The number of hydrogen-bond donors (Lipinski definition) is 1. The number of hydrogen-bond acceptors (Lipinski definition) is 3. The Balaban J connectivity index is 0.00000208. The summed E-state index contributed by atoms with van der Waals surface area (Å²) in [7, 11) is 0. The van der Waals surface area contributed by atoms with Crippen LogP contribution in [0.15, 0.2) is 30.3 Å². The quantitative estimate of drug-likeness (QED) is 0.904. The first-order valence-electron chi connectivity index (χ1n) is 8.50. The molecule has 1 saturated heterocycles. The summed E-state index contributed by atoms with van der Waals surface area (Å²) in [6, 6.07) is 9.32. The maximum absolute atomic E-state index is 12.8. The fourth-order valence-electron chi connectivity index (χ4n) is 3.77. The third kappa shape index (κ3) is 3.57. The number of benzene rings is 1. The summed E-state index contributed by atoms with van der Waals surface area (Å²) in [6.45, 7) is 2.85. The van der Waals surface area contributed by atoms with Gasteiger partial charge in [-0.25, -0.2) is 0 Å². The molecule has 24 heavy (non-hydrogen) atoms. The van der Waals surface area contributed by atoms with E-state index in [9.17, 15) is 9.59 Å². The largest absolute Gasteiger partial charge is 0.339 e. The van der Waals surface area contributed by atoms with Crippen molar-refractivity contribution >= 4 is 24.2 Å². The molecule has 3 rings (SSSR count). The maximum atomic E-state index is 12.8. The first kappa shape index (κ1) is 18.7. The monoisotopic (exact) mass is 351 g/mol. The Morgan fingerprint density at radius 1 is 0.958 bits per heavy atom. The maximum Gasteiger partial charge on any atom is 0.253 e. The fraction of sp³-hybridized carbons (Fsp3) is 0.556. The van der Waals surface area contributed by atoms with Gasteiger partial charge >= 0.3 is 0 Å². The lowest BCUT2D eigenvalue weighted by Gasteiger charge is -2.39. The molecule has 0 bridgehead atoms. The van der Waals surface area contributed by atoms with Gasteiger partial charge in [0.2, 0.25) is 5.91 Å². The minimum Gasteiger partial charge on any atom is -0.339 e. The zero-order chi connectivity index (χ0) is 16.3. The normalized spacial score (nSPS) is 19.7. The summed E-state index contributed by atoms with van der Waals surface area (Å²) in [6.07, 6.45) is 4.00. The lowest BCUT2D eigenvalue weighted by molar-refractivity contribution is -0.143. The number of carbonyl (C=O) groups is 2. The summed E-state index contributed by atoms with van der Waals surface area (Å²) >= 11 is 0. The van der Waals surface area contributed by atoms with Crippen molar-refractivity contribution in [2.75, 3.05) is 32.7 Å². The van der Waals surface area contributed by atoms with Gasteiger partial charge in [-0.05, 0) is 25.0 Å². The van der Waals surface area contributed by atoms with Gasteiger partial charge in [-0.3, -0.25) is 9.59 Å². The van der Waals surface area contributed by atoms with E-state index in [4.69, 9.17) is 5.73 Å². The van der Waals surface area contributed by atoms with Gasteiger partial charge in [0.05, 0.1) is 5.41 Å². The molecule has 1 aliphatic carbocycles. The Bertz CT molecular complexity index is 565. The second-order valence-corrected chi connectivity index (χ2v) is 6.64. The molecule has 2 amide bonds. The Morgan fingerprint density at radius 2 is 1.50 bits per heavy atom. The van der Waals surface area contributed by atoms with Gasteiger partial charge < -0.3 is 15.5 Å². The second kappa shape index (κ2) is 7.99. The van der Waals surface area contributed by atoms with Crippen molar-refractivity contribution in [2.24, 2.45) is 11.1 Å². The third-order valence-electron chi connectivity index (χ3n) is 5.28. The molecule has 2 aliphatic rings. The van der Waals surface area contributed by atoms with Crippen LogP contribution in [0.5, 0.6) is 0 Å². The van der Waals surface area contributed by atoms with Crippen molar-refractivity contribution < 1.29 is 9.59 Å². The van der Waals surface area contributed by atoms with Gasteiger partial charge in [0.1, 0.15) is 0 Å². The Morgan fingerprint density at radius 3 is 2.04 bits per heavy atom. The van der Waals surface area contributed by atoms with Crippen LogP contribution in [-0.4, -0.2) is 54.3 Å². The standard InChI is InChI=1S/C18H25N3O2.ClH/c19-14-18(8-4-5-9-18)17(23)21-12-10-20(11-13-21)16(22)15-6-2-1-3-7-15;/h1-3,6-7H,4-5,8-14,19H2;1H. The van der Waals surface area contributed by atoms with Crippen molar-refractivity contribution in [1.82, 2.24) is 9.80 Å². The first-order valence-corrected chi connectivity index (χ1v) is 8.50. The molecular weight excluding hydrogens is 326 g/mol. The van der Waals surface area contributed by atoms with E-state index >= 15 is 0 Å². The van der Waals surface area contributed by atoms with Crippen LogP contribution in [0.3, 0.4) is 0 Å². The van der Waals surface area contributed by atoms with Crippen LogP contribution in [-0.2, 0) is 4.79 Å². The molecule has 1 aliphatic heterocycles. The summed E-state index contributed by atoms with van der Waals surface area (Å²) in [4.78, 5) is 29.0. The zero-order valence-electron chi connectivity index (χ0n) is 13.9. The molecule has 1 saturated carbocycles. The summed E-state index contributed by atoms with van der Waals surface area (Å²) in [5, 5.41) is 0. The van der Waals surface area contributed by atoms with Gasteiger partial charge in [0.15, 0.2) is 0 Å². The van der Waals surface area contributed by atoms with Crippen molar-refractivity contribution in [1.29, 1.82) is 0 Å². The number of amides is 2. The fourth-order valence-corrected chi connectivity index (χ4v) is 3.77. The molecule has 0 aromatic heterocycles. The molecule has 2 N–H and O–H groups in total. The Hall–Kier alpha value is -1.59. The van der Waals surface area contributed by atoms with Gasteiger partial charge in [-0.15, -0.1) is 12.4 Å². The van der Waals surface area contributed by atoms with E-state index in [2.05, 4.69) is 0 Å². The molecule has 2 fully saturated rings. The van der Waals surface area contributed by atoms with Crippen LogP contribution in [0.2, 0.25) is 0 Å². The summed E-state index contributed by atoms with van der Waals surface area (Å²) in [5.41, 5.74) is 6.28. The molecule has 0 spiro atoms. The number of carbonyl (C=O) groups excluding carboxylic acids is 2. The number of rotatable bonds is 3. The van der Waals surface area contributed by atoms with Crippen molar-refractivity contribution in [3.63, 3.8) is 0 Å². The molecule has 0 atom stereocenters. The summed E-state index contributed by atoms with van der Waals surface area (Å²) in [5.74, 6) is 0.247. The van der Waals surface area contributed by atoms with Crippen molar-refractivity contribution in [2.45, 2.75) is 25.7 Å². The highest BCUT2D eigenvalue weighted by atomic mass is 35.5. The average molecular weight is 352 g/mol. The molecule has 1 aromatic rings. The minimum absolute atomic E-state index is 0. The molecule has 6 heteroatoms. The van der Waals surface area contributed by atoms with E-state index < -0.39 is 0 Å². The third-order valence-corrected chi connectivity index (χ3v) is 5.28. The van der Waals surface area contributed by atoms with Crippen LogP contribution in [0.1, 0.15) is 36.0 Å². The molecule has 0 radical (unpaired) electrons. The molecule has 1 aromatic carbocycles. The smallest absolute Gasteiger partial charge is 0.253 e. The topological polar surface area (TPSA) is 66.6 Å². The second-order valence-electron chi connectivity index (χ2n) is 6.64. The van der Waals surface area contributed by atoms with E-state index in [0.29, 0.717) is 38.3 Å². The molecule has 0 unspecified atom stereocenters. The molecule has 1 heterocycles. The van der Waals surface area contributed by atoms with E-state index in [1.54, 1.807) is 0 Å². The van der Waals surface area contributed by atoms with Gasteiger partial charge in [-0.2, -0.15) is 0 Å². The van der Waals surface area contributed by atoms with Crippen LogP contribution in [0.25, 0.3) is 0 Å². The molecule has 5 nitrogen and oxygen atoms in total. The van der Waals surface area contributed by atoms with E-state index in [-0.39, 0.29) is 29.6 Å². The predicted molar refractivity (Wildman–Crippen MR) is 96.1 cm³/mol. The van der Waals surface area contributed by atoms with Gasteiger partial charge in [0, 0.05) is 38.3 Å². The summed E-state index contributed by atoms with van der Waals surface area (Å²) < 4.78 is 0. The van der Waals surface area contributed by atoms with E-state index in [0.717, 1.165) is 25.7 Å². The Kier molecular flexibility index (Phi) is 6.24. The zero-order valence-corrected chi connectivity index (χ0v) is 14.8. The SMILES string of the molecule is Cl.NCC1(C(=O)N2CCN(C(=O)c3ccccc3)CC2)CCCC1. The number of nitrogens with zero attached hydrogens (tertiary/aromatic N) is 2. The highest BCUT2D eigenvalue weighted by molar-refractivity contribution is 5.94. The highest BCUT2D eigenvalue weighted by Crippen LogP contribution is 2.39. The first-order chi connectivity index (χ1) is 11.2. The van der Waals surface area contributed by atoms with Gasteiger partial charge in [-0.1, -0.05) is 31.0 Å². The number of nitrogens with two attached hydrogens (primary N) is 1.